The van der Waals surface area contributed by atoms with Gasteiger partial charge in [-0.2, -0.15) is 0 Å². The highest BCUT2D eigenvalue weighted by atomic mass is 16.1. The first-order chi connectivity index (χ1) is 12.5. The van der Waals surface area contributed by atoms with E-state index in [0.29, 0.717) is 6.04 Å². The first kappa shape index (κ1) is 20.3. The number of carbonyl (C=O) groups is 1. The Morgan fingerprint density at radius 2 is 1.69 bits per heavy atom. The molecule has 4 nitrogen and oxygen atoms in total. The van der Waals surface area contributed by atoms with Crippen LogP contribution in [0.2, 0.25) is 0 Å². The first-order valence-electron chi connectivity index (χ1n) is 9.57. The zero-order valence-electron chi connectivity index (χ0n) is 16.5. The van der Waals surface area contributed by atoms with E-state index in [4.69, 9.17) is 5.73 Å². The van der Waals surface area contributed by atoms with E-state index in [1.807, 2.05) is 43.3 Å². The molecule has 1 aromatic heterocycles. The molecule has 1 atom stereocenters. The Kier molecular flexibility index (Phi) is 7.49. The summed E-state index contributed by atoms with van der Waals surface area (Å²) in [5.41, 5.74) is 9.87. The summed E-state index contributed by atoms with van der Waals surface area (Å²) in [6.07, 6.45) is 2.38. The number of hydrogen-bond donors (Lipinski definition) is 1. The Balaban J connectivity index is 0.000000199. The number of nitrogens with two attached hydrogens (primary N) is 1. The quantitative estimate of drug-likeness (QED) is 0.726. The summed E-state index contributed by atoms with van der Waals surface area (Å²) in [5, 5.41) is 0. The smallest absolute Gasteiger partial charge is 0.195 e. The van der Waals surface area contributed by atoms with E-state index in [0.717, 1.165) is 47.6 Å². The normalized spacial score (nSPS) is 13.1. The van der Waals surface area contributed by atoms with Crippen molar-refractivity contribution in [3.63, 3.8) is 0 Å². The van der Waals surface area contributed by atoms with Crippen LogP contribution < -0.4 is 5.73 Å². The fraction of sp³-hybridized carbons (Fsp3) is 0.455. The molecule has 1 aromatic carbocycles. The number of carbonyl (C=O) groups excluding carboxylic acids is 1. The summed E-state index contributed by atoms with van der Waals surface area (Å²) in [7, 11) is 0. The number of benzene rings is 1. The van der Waals surface area contributed by atoms with Crippen molar-refractivity contribution in [2.45, 2.75) is 46.6 Å². The molecule has 1 heterocycles. The topological polar surface area (TPSA) is 59.2 Å². The van der Waals surface area contributed by atoms with Crippen LogP contribution in [0.25, 0.3) is 11.3 Å². The summed E-state index contributed by atoms with van der Waals surface area (Å²) < 4.78 is 0. The van der Waals surface area contributed by atoms with Gasteiger partial charge in [0.25, 0.3) is 0 Å². The molecule has 0 saturated carbocycles. The molecule has 1 unspecified atom stereocenters. The largest absolute Gasteiger partial charge is 0.328 e. The molecule has 3 rings (SSSR count). The predicted octanol–water partition coefficient (Wildman–Crippen LogP) is 4.06. The maximum Gasteiger partial charge on any atom is 0.195 e. The molecule has 2 N–H and O–H groups in total. The van der Waals surface area contributed by atoms with Gasteiger partial charge in [-0.1, -0.05) is 38.1 Å². The Morgan fingerprint density at radius 3 is 2.31 bits per heavy atom. The Morgan fingerprint density at radius 1 is 1.04 bits per heavy atom. The zero-order chi connectivity index (χ0) is 19.1. The molecule has 0 radical (unpaired) electrons. The molecular weight excluding hydrogens is 322 g/mol. The second kappa shape index (κ2) is 9.60. The third-order valence-corrected chi connectivity index (χ3v) is 4.73. The second-order valence-corrected chi connectivity index (χ2v) is 6.87. The lowest BCUT2D eigenvalue weighted by Gasteiger charge is -2.17. The van der Waals surface area contributed by atoms with Crippen molar-refractivity contribution < 1.29 is 4.79 Å². The fourth-order valence-electron chi connectivity index (χ4n) is 3.15. The molecule has 2 aromatic rings. The SMILES string of the molecule is CCN(CC)CCCC(C)N.Cc1ccc2c(n1)-c1ccccc1C2=O. The van der Waals surface area contributed by atoms with Gasteiger partial charge in [0.1, 0.15) is 0 Å². The van der Waals surface area contributed by atoms with Crippen LogP contribution in [0.3, 0.4) is 0 Å². The number of pyridine rings is 1. The van der Waals surface area contributed by atoms with Crippen molar-refractivity contribution >= 4 is 5.78 Å². The minimum atomic E-state index is 0.0908. The predicted molar refractivity (Wildman–Crippen MR) is 109 cm³/mol. The number of ketones is 1. The van der Waals surface area contributed by atoms with Crippen molar-refractivity contribution in [2.75, 3.05) is 19.6 Å². The van der Waals surface area contributed by atoms with Gasteiger partial charge >= 0.3 is 0 Å². The molecule has 26 heavy (non-hydrogen) atoms. The monoisotopic (exact) mass is 353 g/mol. The molecule has 0 aliphatic heterocycles. The van der Waals surface area contributed by atoms with E-state index in [-0.39, 0.29) is 5.78 Å². The van der Waals surface area contributed by atoms with Crippen LogP contribution in [0.5, 0.6) is 0 Å². The van der Waals surface area contributed by atoms with Gasteiger partial charge in [-0.3, -0.25) is 9.78 Å². The summed E-state index contributed by atoms with van der Waals surface area (Å²) in [5.74, 6) is 0.0908. The van der Waals surface area contributed by atoms with Crippen LogP contribution in [-0.4, -0.2) is 41.3 Å². The standard InChI is InChI=1S/C13H9NO.C9H22N2/c1-8-6-7-11-12(14-8)9-4-2-3-5-10(9)13(11)15;1-4-11(5-2)8-6-7-9(3)10/h2-7H,1H3;9H,4-8,10H2,1-3H3. The number of fused-ring (bicyclic) bond motifs is 3. The highest BCUT2D eigenvalue weighted by molar-refractivity contribution is 6.20. The Labute approximate surface area is 157 Å². The van der Waals surface area contributed by atoms with Crippen LogP contribution in [0.1, 0.15) is 55.2 Å². The lowest BCUT2D eigenvalue weighted by Crippen LogP contribution is -2.25. The lowest BCUT2D eigenvalue weighted by atomic mass is 10.1. The maximum absolute atomic E-state index is 12.0. The fourth-order valence-corrected chi connectivity index (χ4v) is 3.15. The minimum Gasteiger partial charge on any atom is -0.328 e. The number of rotatable bonds is 6. The highest BCUT2D eigenvalue weighted by Gasteiger charge is 2.26. The van der Waals surface area contributed by atoms with Crippen molar-refractivity contribution in [2.24, 2.45) is 5.73 Å². The van der Waals surface area contributed by atoms with E-state index in [1.165, 1.54) is 13.0 Å². The summed E-state index contributed by atoms with van der Waals surface area (Å²) in [6, 6.07) is 11.7. The first-order valence-corrected chi connectivity index (χ1v) is 9.57. The van der Waals surface area contributed by atoms with Gasteiger partial charge in [0.2, 0.25) is 0 Å². The van der Waals surface area contributed by atoms with Crippen LogP contribution in [-0.2, 0) is 0 Å². The average molecular weight is 354 g/mol. The van der Waals surface area contributed by atoms with E-state index < -0.39 is 0 Å². The molecular formula is C22H31N3O. The van der Waals surface area contributed by atoms with Crippen LogP contribution in [0.4, 0.5) is 0 Å². The molecule has 0 bridgehead atoms. The van der Waals surface area contributed by atoms with Gasteiger partial charge in [-0.05, 0) is 58.5 Å². The molecule has 140 valence electrons. The molecule has 1 aliphatic carbocycles. The number of nitrogens with zero attached hydrogens (tertiary/aromatic N) is 2. The Hall–Kier alpha value is -2.04. The third-order valence-electron chi connectivity index (χ3n) is 4.73. The third kappa shape index (κ3) is 4.99. The minimum absolute atomic E-state index is 0.0908. The summed E-state index contributed by atoms with van der Waals surface area (Å²) >= 11 is 0. The van der Waals surface area contributed by atoms with Crippen molar-refractivity contribution in [1.29, 1.82) is 0 Å². The van der Waals surface area contributed by atoms with E-state index in [9.17, 15) is 4.79 Å². The van der Waals surface area contributed by atoms with Gasteiger partial charge in [-0.15, -0.1) is 0 Å². The van der Waals surface area contributed by atoms with Gasteiger partial charge in [0.15, 0.2) is 5.78 Å². The van der Waals surface area contributed by atoms with Gasteiger partial charge in [-0.25, -0.2) is 0 Å². The van der Waals surface area contributed by atoms with Crippen molar-refractivity contribution in [3.8, 4) is 11.3 Å². The molecule has 0 saturated heterocycles. The summed E-state index contributed by atoms with van der Waals surface area (Å²) in [6.45, 7) is 11.9. The maximum atomic E-state index is 12.0. The highest BCUT2D eigenvalue weighted by Crippen LogP contribution is 2.34. The molecule has 0 fully saturated rings. The number of aromatic nitrogens is 1. The second-order valence-electron chi connectivity index (χ2n) is 6.87. The van der Waals surface area contributed by atoms with Gasteiger partial charge < -0.3 is 10.6 Å². The lowest BCUT2D eigenvalue weighted by molar-refractivity contribution is 0.104. The number of hydrogen-bond acceptors (Lipinski definition) is 4. The summed E-state index contributed by atoms with van der Waals surface area (Å²) in [4.78, 5) is 18.8. The average Bonchev–Trinajstić information content (AvgIpc) is 2.92. The molecule has 0 spiro atoms. The molecule has 1 aliphatic rings. The molecule has 4 heteroatoms. The van der Waals surface area contributed by atoms with Crippen LogP contribution >= 0.6 is 0 Å². The van der Waals surface area contributed by atoms with E-state index >= 15 is 0 Å². The van der Waals surface area contributed by atoms with Crippen molar-refractivity contribution in [1.82, 2.24) is 9.88 Å². The van der Waals surface area contributed by atoms with Crippen LogP contribution in [0.15, 0.2) is 36.4 Å². The van der Waals surface area contributed by atoms with E-state index in [2.05, 4.69) is 30.7 Å². The molecule has 0 amide bonds. The van der Waals surface area contributed by atoms with E-state index in [1.54, 1.807) is 0 Å². The van der Waals surface area contributed by atoms with Gasteiger partial charge in [0, 0.05) is 28.4 Å². The van der Waals surface area contributed by atoms with Gasteiger partial charge in [0.05, 0.1) is 5.69 Å². The van der Waals surface area contributed by atoms with Crippen LogP contribution in [0, 0.1) is 6.92 Å². The van der Waals surface area contributed by atoms with Crippen molar-refractivity contribution in [3.05, 3.63) is 53.2 Å². The Bertz CT molecular complexity index is 736. The zero-order valence-corrected chi connectivity index (χ0v) is 16.5. The number of aryl methyl sites for hydroxylation is 1.